The van der Waals surface area contributed by atoms with Gasteiger partial charge in [0.15, 0.2) is 0 Å². The minimum Gasteiger partial charge on any atom is -0.460 e. The fraction of sp³-hybridized carbons (Fsp3) is 0.500. The van der Waals surface area contributed by atoms with Gasteiger partial charge in [-0.2, -0.15) is 0 Å². The van der Waals surface area contributed by atoms with Crippen molar-refractivity contribution in [3.05, 3.63) is 36.1 Å². The second-order valence-corrected chi connectivity index (χ2v) is 5.91. The summed E-state index contributed by atoms with van der Waals surface area (Å²) in [5.41, 5.74) is 1.01. The van der Waals surface area contributed by atoms with E-state index >= 15 is 0 Å². The number of benzene rings is 1. The van der Waals surface area contributed by atoms with Crippen LogP contribution in [-0.4, -0.2) is 30.1 Å². The van der Waals surface area contributed by atoms with Crippen molar-refractivity contribution in [3.63, 3.8) is 0 Å². The molecule has 2 bridgehead atoms. The summed E-state index contributed by atoms with van der Waals surface area (Å²) in [5.74, 6) is 1.10. The predicted molar refractivity (Wildman–Crippen MR) is 76.1 cm³/mol. The summed E-state index contributed by atoms with van der Waals surface area (Å²) in [6.45, 7) is 3.29. The maximum Gasteiger partial charge on any atom is 0.134 e. The van der Waals surface area contributed by atoms with E-state index in [-0.39, 0.29) is 0 Å². The highest BCUT2D eigenvalue weighted by Gasteiger charge is 2.29. The molecule has 1 aromatic carbocycles. The molecule has 4 rings (SSSR count). The molecule has 100 valence electrons. The average Bonchev–Trinajstić information content (AvgIpc) is 2.95. The van der Waals surface area contributed by atoms with Gasteiger partial charge in [-0.1, -0.05) is 18.2 Å². The normalized spacial score (nSPS) is 27.8. The third-order valence-electron chi connectivity index (χ3n) is 4.46. The van der Waals surface area contributed by atoms with E-state index in [0.29, 0.717) is 6.04 Å². The molecule has 0 radical (unpaired) electrons. The van der Waals surface area contributed by atoms with Crippen molar-refractivity contribution in [3.8, 4) is 0 Å². The smallest absolute Gasteiger partial charge is 0.134 e. The van der Waals surface area contributed by atoms with E-state index in [1.165, 1.54) is 31.2 Å². The Balaban J connectivity index is 1.51. The van der Waals surface area contributed by atoms with Gasteiger partial charge in [-0.05, 0) is 31.4 Å². The van der Waals surface area contributed by atoms with E-state index in [2.05, 4.69) is 28.4 Å². The zero-order valence-corrected chi connectivity index (χ0v) is 11.1. The lowest BCUT2D eigenvalue weighted by atomic mass is 10.1. The summed E-state index contributed by atoms with van der Waals surface area (Å²) in [5, 5.41) is 4.94. The fourth-order valence-corrected chi connectivity index (χ4v) is 3.49. The minimum absolute atomic E-state index is 0.692. The fourth-order valence-electron chi connectivity index (χ4n) is 3.49. The quantitative estimate of drug-likeness (QED) is 0.895. The summed E-state index contributed by atoms with van der Waals surface area (Å²) in [7, 11) is 0. The number of hydrogen-bond acceptors (Lipinski definition) is 3. The summed E-state index contributed by atoms with van der Waals surface area (Å²) in [6.07, 6.45) is 3.97. The van der Waals surface area contributed by atoms with Gasteiger partial charge in [0.25, 0.3) is 0 Å². The zero-order chi connectivity index (χ0) is 12.7. The number of rotatable bonds is 2. The van der Waals surface area contributed by atoms with Crippen LogP contribution in [0.1, 0.15) is 25.0 Å². The van der Waals surface area contributed by atoms with E-state index < -0.39 is 0 Å². The summed E-state index contributed by atoms with van der Waals surface area (Å²) < 4.78 is 5.93. The molecule has 2 aromatic rings. The van der Waals surface area contributed by atoms with Crippen molar-refractivity contribution >= 4 is 11.0 Å². The number of likely N-dealkylation sites (tertiary alicyclic amines) is 1. The lowest BCUT2D eigenvalue weighted by molar-refractivity contribution is 0.234. The summed E-state index contributed by atoms with van der Waals surface area (Å²) in [6, 6.07) is 11.9. The Morgan fingerprint density at radius 1 is 1.16 bits per heavy atom. The molecule has 3 nitrogen and oxygen atoms in total. The molecule has 3 heteroatoms. The van der Waals surface area contributed by atoms with Crippen molar-refractivity contribution in [2.45, 2.75) is 37.9 Å². The first kappa shape index (κ1) is 11.5. The first-order valence-electron chi connectivity index (χ1n) is 7.33. The van der Waals surface area contributed by atoms with Gasteiger partial charge in [0.1, 0.15) is 11.3 Å². The Hall–Kier alpha value is -1.32. The van der Waals surface area contributed by atoms with Gasteiger partial charge >= 0.3 is 0 Å². The molecule has 0 spiro atoms. The lowest BCUT2D eigenvalue weighted by Gasteiger charge is -2.22. The standard InChI is InChI=1S/C16H20N2O/c1-2-4-16-12(3-1)9-15(19-16)11-18-8-7-13-5-6-14(10-18)17-13/h1-4,9,13-14,17H,5-8,10-11H2/t13-,14+/m1/s1. The van der Waals surface area contributed by atoms with Gasteiger partial charge in [-0.3, -0.25) is 4.90 Å². The van der Waals surface area contributed by atoms with Crippen molar-refractivity contribution in [1.82, 2.24) is 10.2 Å². The average molecular weight is 256 g/mol. The molecule has 2 saturated heterocycles. The maximum absolute atomic E-state index is 5.93. The van der Waals surface area contributed by atoms with Crippen molar-refractivity contribution < 1.29 is 4.42 Å². The number of nitrogens with zero attached hydrogens (tertiary/aromatic N) is 1. The van der Waals surface area contributed by atoms with Crippen LogP contribution in [0.5, 0.6) is 0 Å². The second kappa shape index (κ2) is 4.66. The molecule has 2 aliphatic heterocycles. The highest BCUT2D eigenvalue weighted by molar-refractivity contribution is 5.77. The molecular formula is C16H20N2O. The monoisotopic (exact) mass is 256 g/mol. The van der Waals surface area contributed by atoms with Crippen LogP contribution in [0.25, 0.3) is 11.0 Å². The van der Waals surface area contributed by atoms with Gasteiger partial charge in [-0.15, -0.1) is 0 Å². The molecule has 3 heterocycles. The van der Waals surface area contributed by atoms with E-state index in [9.17, 15) is 0 Å². The van der Waals surface area contributed by atoms with Crippen molar-refractivity contribution in [2.75, 3.05) is 13.1 Å². The van der Waals surface area contributed by atoms with Crippen LogP contribution in [-0.2, 0) is 6.54 Å². The number of fused-ring (bicyclic) bond motifs is 3. The molecule has 0 amide bonds. The van der Waals surface area contributed by atoms with E-state index in [1.54, 1.807) is 0 Å². The van der Waals surface area contributed by atoms with Gasteiger partial charge < -0.3 is 9.73 Å². The molecular weight excluding hydrogens is 236 g/mol. The third-order valence-corrected chi connectivity index (χ3v) is 4.46. The molecule has 19 heavy (non-hydrogen) atoms. The number of furan rings is 1. The van der Waals surface area contributed by atoms with Gasteiger partial charge in [0.2, 0.25) is 0 Å². The van der Waals surface area contributed by atoms with Crippen molar-refractivity contribution in [2.24, 2.45) is 0 Å². The summed E-state index contributed by atoms with van der Waals surface area (Å²) >= 11 is 0. The first-order valence-corrected chi connectivity index (χ1v) is 7.33. The highest BCUT2D eigenvalue weighted by atomic mass is 16.3. The molecule has 2 fully saturated rings. The highest BCUT2D eigenvalue weighted by Crippen LogP contribution is 2.24. The van der Waals surface area contributed by atoms with Crippen molar-refractivity contribution in [1.29, 1.82) is 0 Å². The second-order valence-electron chi connectivity index (χ2n) is 5.91. The van der Waals surface area contributed by atoms with Gasteiger partial charge in [0.05, 0.1) is 6.54 Å². The van der Waals surface area contributed by atoms with Gasteiger partial charge in [0, 0.05) is 30.6 Å². The Morgan fingerprint density at radius 3 is 3.00 bits per heavy atom. The number of nitrogens with one attached hydrogen (secondary N) is 1. The van der Waals surface area contributed by atoms with Gasteiger partial charge in [-0.25, -0.2) is 0 Å². The Labute approximate surface area is 113 Å². The van der Waals surface area contributed by atoms with Crippen LogP contribution in [0.2, 0.25) is 0 Å². The Morgan fingerprint density at radius 2 is 2.05 bits per heavy atom. The molecule has 0 unspecified atom stereocenters. The summed E-state index contributed by atoms with van der Waals surface area (Å²) in [4.78, 5) is 2.54. The van der Waals surface area contributed by atoms with Crippen LogP contribution in [0.15, 0.2) is 34.7 Å². The molecule has 2 aliphatic rings. The molecule has 1 N–H and O–H groups in total. The van der Waals surface area contributed by atoms with E-state index in [1.807, 2.05) is 12.1 Å². The van der Waals surface area contributed by atoms with E-state index in [4.69, 9.17) is 4.42 Å². The van der Waals surface area contributed by atoms with Crippen LogP contribution >= 0.6 is 0 Å². The van der Waals surface area contributed by atoms with Crippen LogP contribution in [0.3, 0.4) is 0 Å². The minimum atomic E-state index is 0.692. The topological polar surface area (TPSA) is 28.4 Å². The largest absolute Gasteiger partial charge is 0.460 e. The Kier molecular flexibility index (Phi) is 2.82. The van der Waals surface area contributed by atoms with E-state index in [0.717, 1.165) is 30.5 Å². The Bertz CT molecular complexity index is 544. The molecule has 1 aromatic heterocycles. The SMILES string of the molecule is c1ccc2oc(CN3CC[C@H]4CC[C@@H](C3)N4)cc2c1. The predicted octanol–water partition coefficient (Wildman–Crippen LogP) is 2.76. The molecule has 2 atom stereocenters. The molecule has 0 saturated carbocycles. The zero-order valence-electron chi connectivity index (χ0n) is 11.1. The first-order chi connectivity index (χ1) is 9.37. The van der Waals surface area contributed by atoms with Crippen LogP contribution in [0, 0.1) is 0 Å². The number of para-hydroxylation sites is 1. The van der Waals surface area contributed by atoms with Crippen LogP contribution < -0.4 is 5.32 Å². The number of hydrogen-bond donors (Lipinski definition) is 1. The molecule has 0 aliphatic carbocycles. The lowest BCUT2D eigenvalue weighted by Crippen LogP contribution is -2.34. The van der Waals surface area contributed by atoms with Crippen LogP contribution in [0.4, 0.5) is 0 Å². The third kappa shape index (κ3) is 2.28. The maximum atomic E-state index is 5.93.